The second-order valence-electron chi connectivity index (χ2n) is 7.36. The van der Waals surface area contributed by atoms with Gasteiger partial charge in [-0.15, -0.1) is 0 Å². The Morgan fingerprint density at radius 3 is 1.76 bits per heavy atom. The first kappa shape index (κ1) is 14.3. The van der Waals surface area contributed by atoms with Gasteiger partial charge in [-0.05, 0) is 37.7 Å². The van der Waals surface area contributed by atoms with Crippen molar-refractivity contribution in [3.8, 4) is 0 Å². The van der Waals surface area contributed by atoms with Crippen LogP contribution in [-0.4, -0.2) is 22.9 Å². The lowest BCUT2D eigenvalue weighted by Crippen LogP contribution is -2.44. The van der Waals surface area contributed by atoms with Crippen molar-refractivity contribution in [1.29, 1.82) is 0 Å². The predicted octanol–water partition coefficient (Wildman–Crippen LogP) is 3.63. The fourth-order valence-electron chi connectivity index (χ4n) is 2.37. The summed E-state index contributed by atoms with van der Waals surface area (Å²) in [7, 11) is 0. The largest absolute Gasteiger partial charge is 0.330 e. The summed E-state index contributed by atoms with van der Waals surface area (Å²) in [6.45, 7) is 17.9. The molecule has 0 aromatic rings. The van der Waals surface area contributed by atoms with Gasteiger partial charge in [0.1, 0.15) is 0 Å². The summed E-state index contributed by atoms with van der Waals surface area (Å²) in [5, 5.41) is 0. The first-order valence-electron chi connectivity index (χ1n) is 6.51. The Morgan fingerprint density at radius 1 is 1.06 bits per heavy atom. The van der Waals surface area contributed by atoms with Crippen molar-refractivity contribution in [3.05, 3.63) is 11.1 Å². The second-order valence-corrected chi connectivity index (χ2v) is 7.36. The Hall–Kier alpha value is -0.790. The summed E-state index contributed by atoms with van der Waals surface area (Å²) in [6, 6.07) is 0. The van der Waals surface area contributed by atoms with Gasteiger partial charge in [-0.2, -0.15) is 0 Å². The van der Waals surface area contributed by atoms with Crippen molar-refractivity contribution >= 4 is 5.91 Å². The molecule has 0 unspecified atom stereocenters. The van der Waals surface area contributed by atoms with Gasteiger partial charge in [0.25, 0.3) is 5.91 Å². The van der Waals surface area contributed by atoms with Crippen LogP contribution in [0.4, 0.5) is 0 Å². The molecule has 0 radical (unpaired) electrons. The molecule has 17 heavy (non-hydrogen) atoms. The monoisotopic (exact) mass is 237 g/mol. The van der Waals surface area contributed by atoms with Crippen molar-refractivity contribution in [2.45, 2.75) is 60.9 Å². The van der Waals surface area contributed by atoms with Gasteiger partial charge in [-0.1, -0.05) is 34.6 Å². The summed E-state index contributed by atoms with van der Waals surface area (Å²) in [5.41, 5.74) is 2.33. The first-order chi connectivity index (χ1) is 7.46. The molecule has 0 N–H and O–H groups in total. The van der Waals surface area contributed by atoms with E-state index in [0.29, 0.717) is 5.92 Å². The fraction of sp³-hybridized carbons (Fsp3) is 0.800. The van der Waals surface area contributed by atoms with E-state index in [0.717, 1.165) is 12.1 Å². The third kappa shape index (κ3) is 2.72. The van der Waals surface area contributed by atoms with Crippen LogP contribution >= 0.6 is 0 Å². The fourth-order valence-corrected chi connectivity index (χ4v) is 2.37. The van der Waals surface area contributed by atoms with Crippen LogP contribution in [0.15, 0.2) is 11.1 Å². The molecule has 1 amide bonds. The molecule has 0 aromatic heterocycles. The van der Waals surface area contributed by atoms with Gasteiger partial charge >= 0.3 is 0 Å². The molecule has 0 saturated carbocycles. The van der Waals surface area contributed by atoms with E-state index in [4.69, 9.17) is 0 Å². The number of carbonyl (C=O) groups excluding carboxylic acids is 1. The maximum absolute atomic E-state index is 12.5. The molecule has 0 atom stereocenters. The predicted molar refractivity (Wildman–Crippen MR) is 72.8 cm³/mol. The first-order valence-corrected chi connectivity index (χ1v) is 6.51. The average molecular weight is 237 g/mol. The van der Waals surface area contributed by atoms with Gasteiger partial charge in [0.2, 0.25) is 0 Å². The Labute approximate surface area is 106 Å². The lowest BCUT2D eigenvalue weighted by atomic mass is 9.82. The quantitative estimate of drug-likeness (QED) is 0.682. The molecule has 1 aliphatic heterocycles. The Kier molecular flexibility index (Phi) is 3.48. The van der Waals surface area contributed by atoms with E-state index in [1.54, 1.807) is 0 Å². The lowest BCUT2D eigenvalue weighted by molar-refractivity contribution is -0.130. The summed E-state index contributed by atoms with van der Waals surface area (Å²) >= 11 is 0. The Morgan fingerprint density at radius 2 is 1.53 bits per heavy atom. The summed E-state index contributed by atoms with van der Waals surface area (Å²) in [5.74, 6) is 0.543. The van der Waals surface area contributed by atoms with Crippen LogP contribution in [0.2, 0.25) is 0 Å². The highest BCUT2D eigenvalue weighted by Crippen LogP contribution is 2.39. The highest BCUT2D eigenvalue weighted by atomic mass is 16.2. The molecule has 2 nitrogen and oxygen atoms in total. The van der Waals surface area contributed by atoms with E-state index in [9.17, 15) is 4.79 Å². The van der Waals surface area contributed by atoms with Crippen LogP contribution in [-0.2, 0) is 4.79 Å². The maximum atomic E-state index is 12.5. The van der Waals surface area contributed by atoms with E-state index in [1.807, 2.05) is 4.90 Å². The zero-order chi connectivity index (χ0) is 13.6. The molecule has 1 heterocycles. The lowest BCUT2D eigenvalue weighted by Gasteiger charge is -2.33. The summed E-state index contributed by atoms with van der Waals surface area (Å²) in [4.78, 5) is 14.5. The molecule has 0 spiro atoms. The molecule has 0 fully saturated rings. The molecule has 1 aliphatic rings. The summed E-state index contributed by atoms with van der Waals surface area (Å²) in [6.07, 6.45) is 0. The van der Waals surface area contributed by atoms with Gasteiger partial charge in [0, 0.05) is 17.7 Å². The number of nitrogens with zero attached hydrogens (tertiary/aromatic N) is 1. The minimum Gasteiger partial charge on any atom is -0.330 e. The van der Waals surface area contributed by atoms with Gasteiger partial charge in [-0.3, -0.25) is 4.79 Å². The van der Waals surface area contributed by atoms with E-state index < -0.39 is 0 Å². The number of hydrogen-bond acceptors (Lipinski definition) is 1. The minimum atomic E-state index is -0.0930. The Bertz CT molecular complexity index is 350. The maximum Gasteiger partial charge on any atom is 0.250 e. The highest BCUT2D eigenvalue weighted by molar-refractivity contribution is 5.98. The van der Waals surface area contributed by atoms with Crippen molar-refractivity contribution in [2.24, 2.45) is 11.3 Å². The minimum absolute atomic E-state index is 0.0786. The normalized spacial score (nSPS) is 18.6. The molecule has 2 heteroatoms. The highest BCUT2D eigenvalue weighted by Gasteiger charge is 2.40. The smallest absolute Gasteiger partial charge is 0.250 e. The van der Waals surface area contributed by atoms with Gasteiger partial charge in [0.15, 0.2) is 0 Å². The van der Waals surface area contributed by atoms with Crippen molar-refractivity contribution < 1.29 is 4.79 Å². The van der Waals surface area contributed by atoms with Crippen LogP contribution in [0, 0.1) is 11.3 Å². The topological polar surface area (TPSA) is 20.3 Å². The molecule has 0 aliphatic carbocycles. The number of rotatable bonds is 1. The van der Waals surface area contributed by atoms with Crippen LogP contribution in [0.1, 0.15) is 55.4 Å². The van der Waals surface area contributed by atoms with Gasteiger partial charge in [-0.25, -0.2) is 0 Å². The number of hydrogen-bond donors (Lipinski definition) is 0. The third-order valence-electron chi connectivity index (χ3n) is 3.41. The third-order valence-corrected chi connectivity index (χ3v) is 3.41. The van der Waals surface area contributed by atoms with Crippen LogP contribution in [0.25, 0.3) is 0 Å². The van der Waals surface area contributed by atoms with Crippen LogP contribution < -0.4 is 0 Å². The van der Waals surface area contributed by atoms with Crippen molar-refractivity contribution in [1.82, 2.24) is 4.90 Å². The van der Waals surface area contributed by atoms with Crippen LogP contribution in [0.5, 0.6) is 0 Å². The molecule has 0 bridgehead atoms. The van der Waals surface area contributed by atoms with E-state index in [-0.39, 0.29) is 16.9 Å². The van der Waals surface area contributed by atoms with Gasteiger partial charge in [0.05, 0.1) is 0 Å². The van der Waals surface area contributed by atoms with Crippen LogP contribution in [0.3, 0.4) is 0 Å². The average Bonchev–Trinajstić information content (AvgIpc) is 2.40. The molecule has 1 rings (SSSR count). The molecular weight excluding hydrogens is 210 g/mol. The standard InChI is InChI=1S/C15H27NO/c1-10(2)12-11(14(3,4)5)9-16(13(12)17)15(6,7)8/h10H,9H2,1-8H3. The molecule has 0 aromatic carbocycles. The van der Waals surface area contributed by atoms with E-state index in [2.05, 4.69) is 55.4 Å². The van der Waals surface area contributed by atoms with E-state index in [1.165, 1.54) is 5.57 Å². The van der Waals surface area contributed by atoms with E-state index >= 15 is 0 Å². The zero-order valence-electron chi connectivity index (χ0n) is 12.6. The molecular formula is C15H27NO. The van der Waals surface area contributed by atoms with Crippen molar-refractivity contribution in [3.63, 3.8) is 0 Å². The Balaban J connectivity index is 3.21. The molecule has 0 saturated heterocycles. The number of carbonyl (C=O) groups is 1. The second kappa shape index (κ2) is 4.15. The zero-order valence-corrected chi connectivity index (χ0v) is 12.6. The SMILES string of the molecule is CC(C)C1=C(C(C)(C)C)CN(C(C)(C)C)C1=O. The number of amides is 1. The summed E-state index contributed by atoms with van der Waals surface area (Å²) < 4.78 is 0. The van der Waals surface area contributed by atoms with Gasteiger partial charge < -0.3 is 4.90 Å². The molecule has 98 valence electrons. The van der Waals surface area contributed by atoms with Crippen molar-refractivity contribution in [2.75, 3.05) is 6.54 Å².